The molecular weight excluding hydrogens is 250 g/mol. The molecule has 0 amide bonds. The minimum atomic E-state index is 0.129. The Kier molecular flexibility index (Phi) is 5.71. The minimum absolute atomic E-state index is 0.129. The fourth-order valence-corrected chi connectivity index (χ4v) is 4.44. The molecule has 4 heteroatoms. The van der Waals surface area contributed by atoms with Crippen molar-refractivity contribution in [3.05, 3.63) is 35.4 Å². The van der Waals surface area contributed by atoms with Crippen LogP contribution in [0.25, 0.3) is 0 Å². The summed E-state index contributed by atoms with van der Waals surface area (Å²) in [5.74, 6) is 3.88. The quantitative estimate of drug-likeness (QED) is 0.857. The Morgan fingerprint density at radius 2 is 1.94 bits per heavy atom. The Balaban J connectivity index is 1.69. The standard InChI is InChI=1S/C13H19NOS2/c15-9-12-3-1-11(2-4-12)7-14-8-13-10-16-5-6-17-13/h1-4,13-15H,5-10H2. The van der Waals surface area contributed by atoms with Gasteiger partial charge in [-0.1, -0.05) is 24.3 Å². The van der Waals surface area contributed by atoms with Crippen molar-refractivity contribution in [3.8, 4) is 0 Å². The van der Waals surface area contributed by atoms with Crippen LogP contribution < -0.4 is 5.32 Å². The molecule has 0 spiro atoms. The average molecular weight is 269 g/mol. The summed E-state index contributed by atoms with van der Waals surface area (Å²) >= 11 is 4.15. The van der Waals surface area contributed by atoms with Gasteiger partial charge < -0.3 is 10.4 Å². The van der Waals surface area contributed by atoms with E-state index in [0.29, 0.717) is 0 Å². The zero-order valence-corrected chi connectivity index (χ0v) is 11.5. The predicted molar refractivity (Wildman–Crippen MR) is 77.6 cm³/mol. The lowest BCUT2D eigenvalue weighted by atomic mass is 10.1. The van der Waals surface area contributed by atoms with Gasteiger partial charge in [0.15, 0.2) is 0 Å². The molecule has 2 N–H and O–H groups in total. The van der Waals surface area contributed by atoms with Crippen molar-refractivity contribution in [2.45, 2.75) is 18.4 Å². The maximum absolute atomic E-state index is 8.95. The monoisotopic (exact) mass is 269 g/mol. The molecule has 0 aromatic heterocycles. The van der Waals surface area contributed by atoms with Gasteiger partial charge in [-0.25, -0.2) is 0 Å². The second-order valence-electron chi connectivity index (χ2n) is 4.17. The lowest BCUT2D eigenvalue weighted by Gasteiger charge is -2.21. The number of aliphatic hydroxyl groups is 1. The van der Waals surface area contributed by atoms with Gasteiger partial charge in [-0.05, 0) is 11.1 Å². The number of nitrogens with one attached hydrogen (secondary N) is 1. The maximum atomic E-state index is 8.95. The summed E-state index contributed by atoms with van der Waals surface area (Å²) in [6.07, 6.45) is 0. The number of rotatable bonds is 5. The van der Waals surface area contributed by atoms with E-state index in [4.69, 9.17) is 5.11 Å². The molecule has 1 unspecified atom stereocenters. The van der Waals surface area contributed by atoms with E-state index in [0.717, 1.165) is 23.9 Å². The first-order valence-corrected chi connectivity index (χ1v) is 8.17. The number of thioether (sulfide) groups is 2. The normalized spacial score (nSPS) is 20.4. The van der Waals surface area contributed by atoms with Crippen molar-refractivity contribution < 1.29 is 5.11 Å². The van der Waals surface area contributed by atoms with Crippen molar-refractivity contribution >= 4 is 23.5 Å². The summed E-state index contributed by atoms with van der Waals surface area (Å²) < 4.78 is 0. The lowest BCUT2D eigenvalue weighted by molar-refractivity contribution is 0.282. The minimum Gasteiger partial charge on any atom is -0.392 e. The van der Waals surface area contributed by atoms with Crippen molar-refractivity contribution in [2.24, 2.45) is 0 Å². The summed E-state index contributed by atoms with van der Waals surface area (Å²) in [6.45, 7) is 2.15. The van der Waals surface area contributed by atoms with Crippen LogP contribution in [-0.4, -0.2) is 34.2 Å². The molecule has 1 fully saturated rings. The summed E-state index contributed by atoms with van der Waals surface area (Å²) in [4.78, 5) is 0. The van der Waals surface area contributed by atoms with Gasteiger partial charge in [0.25, 0.3) is 0 Å². The molecule has 1 atom stereocenters. The van der Waals surface area contributed by atoms with Gasteiger partial charge in [-0.3, -0.25) is 0 Å². The molecule has 2 nitrogen and oxygen atoms in total. The lowest BCUT2D eigenvalue weighted by Crippen LogP contribution is -2.28. The molecule has 94 valence electrons. The molecule has 2 rings (SSSR count). The number of aliphatic hydroxyl groups excluding tert-OH is 1. The Morgan fingerprint density at radius 3 is 2.59 bits per heavy atom. The molecule has 0 bridgehead atoms. The van der Waals surface area contributed by atoms with E-state index in [-0.39, 0.29) is 6.61 Å². The number of benzene rings is 1. The van der Waals surface area contributed by atoms with Crippen LogP contribution >= 0.6 is 23.5 Å². The second-order valence-corrected chi connectivity index (χ2v) is 6.73. The van der Waals surface area contributed by atoms with E-state index < -0.39 is 0 Å². The molecule has 1 aliphatic heterocycles. The zero-order chi connectivity index (χ0) is 11.9. The van der Waals surface area contributed by atoms with Crippen molar-refractivity contribution in [2.75, 3.05) is 23.8 Å². The smallest absolute Gasteiger partial charge is 0.0681 e. The fraction of sp³-hybridized carbons (Fsp3) is 0.538. The third kappa shape index (κ3) is 4.54. The van der Waals surface area contributed by atoms with Gasteiger partial charge >= 0.3 is 0 Å². The fourth-order valence-electron chi connectivity index (χ4n) is 1.79. The van der Waals surface area contributed by atoms with Gasteiger partial charge in [0.2, 0.25) is 0 Å². The first kappa shape index (κ1) is 13.3. The summed E-state index contributed by atoms with van der Waals surface area (Å²) in [6, 6.07) is 8.15. The first-order chi connectivity index (χ1) is 8.38. The van der Waals surface area contributed by atoms with Crippen LogP contribution in [0.2, 0.25) is 0 Å². The van der Waals surface area contributed by atoms with Crippen LogP contribution in [0, 0.1) is 0 Å². The molecule has 1 aromatic carbocycles. The highest BCUT2D eigenvalue weighted by atomic mass is 32.2. The van der Waals surface area contributed by atoms with Crippen LogP contribution in [0.4, 0.5) is 0 Å². The Morgan fingerprint density at radius 1 is 1.18 bits per heavy atom. The zero-order valence-electron chi connectivity index (χ0n) is 9.89. The van der Waals surface area contributed by atoms with Gasteiger partial charge in [0.1, 0.15) is 0 Å². The Labute approximate surface area is 112 Å². The van der Waals surface area contributed by atoms with E-state index >= 15 is 0 Å². The Bertz CT molecular complexity index is 323. The molecular formula is C13H19NOS2. The van der Waals surface area contributed by atoms with E-state index in [2.05, 4.69) is 41.0 Å². The summed E-state index contributed by atoms with van der Waals surface area (Å²) in [5.41, 5.74) is 2.27. The van der Waals surface area contributed by atoms with E-state index in [1.807, 2.05) is 12.1 Å². The van der Waals surface area contributed by atoms with E-state index in [1.54, 1.807) is 0 Å². The summed E-state index contributed by atoms with van der Waals surface area (Å²) in [7, 11) is 0. The molecule has 1 aromatic rings. The van der Waals surface area contributed by atoms with E-state index in [1.165, 1.54) is 22.8 Å². The van der Waals surface area contributed by atoms with Gasteiger partial charge in [-0.2, -0.15) is 23.5 Å². The largest absolute Gasteiger partial charge is 0.392 e. The molecule has 17 heavy (non-hydrogen) atoms. The number of hydrogen-bond acceptors (Lipinski definition) is 4. The van der Waals surface area contributed by atoms with Crippen molar-refractivity contribution in [3.63, 3.8) is 0 Å². The molecule has 0 saturated carbocycles. The third-order valence-corrected chi connectivity index (χ3v) is 5.64. The molecule has 1 aliphatic rings. The Hall–Kier alpha value is -0.160. The maximum Gasteiger partial charge on any atom is 0.0681 e. The predicted octanol–water partition coefficient (Wildman–Crippen LogP) is 2.12. The topological polar surface area (TPSA) is 32.3 Å². The van der Waals surface area contributed by atoms with Crippen LogP contribution in [0.5, 0.6) is 0 Å². The van der Waals surface area contributed by atoms with Crippen LogP contribution in [0.1, 0.15) is 11.1 Å². The highest BCUT2D eigenvalue weighted by Crippen LogP contribution is 2.23. The van der Waals surface area contributed by atoms with Gasteiger partial charge in [0, 0.05) is 35.6 Å². The third-order valence-electron chi connectivity index (χ3n) is 2.79. The first-order valence-electron chi connectivity index (χ1n) is 5.97. The van der Waals surface area contributed by atoms with Crippen molar-refractivity contribution in [1.82, 2.24) is 5.32 Å². The van der Waals surface area contributed by atoms with E-state index in [9.17, 15) is 0 Å². The molecule has 0 radical (unpaired) electrons. The molecule has 0 aliphatic carbocycles. The highest BCUT2D eigenvalue weighted by Gasteiger charge is 2.13. The molecule has 1 heterocycles. The van der Waals surface area contributed by atoms with Gasteiger partial charge in [0.05, 0.1) is 6.61 Å². The van der Waals surface area contributed by atoms with Crippen molar-refractivity contribution in [1.29, 1.82) is 0 Å². The summed E-state index contributed by atoms with van der Waals surface area (Å²) in [5, 5.41) is 13.2. The van der Waals surface area contributed by atoms with Crippen LogP contribution in [-0.2, 0) is 13.2 Å². The number of hydrogen-bond donors (Lipinski definition) is 2. The average Bonchev–Trinajstić information content (AvgIpc) is 2.41. The molecule has 1 saturated heterocycles. The SMILES string of the molecule is OCc1ccc(CNCC2CSCCS2)cc1. The van der Waals surface area contributed by atoms with Gasteiger partial charge in [-0.15, -0.1) is 0 Å². The van der Waals surface area contributed by atoms with Crippen LogP contribution in [0.3, 0.4) is 0 Å². The van der Waals surface area contributed by atoms with Crippen LogP contribution in [0.15, 0.2) is 24.3 Å². The second kappa shape index (κ2) is 7.31. The highest BCUT2D eigenvalue weighted by molar-refractivity contribution is 8.06.